The van der Waals surface area contributed by atoms with Crippen LogP contribution in [0.3, 0.4) is 0 Å². The predicted molar refractivity (Wildman–Crippen MR) is 94.0 cm³/mol. The van der Waals surface area contributed by atoms with Gasteiger partial charge in [-0.05, 0) is 42.2 Å². The summed E-state index contributed by atoms with van der Waals surface area (Å²) in [6, 6.07) is 3.28. The van der Waals surface area contributed by atoms with E-state index < -0.39 is 10.0 Å². The average molecular weight is 361 g/mol. The smallest absolute Gasteiger partial charge is 0.267 e. The van der Waals surface area contributed by atoms with Gasteiger partial charge in [0.2, 0.25) is 5.88 Å². The minimum absolute atomic E-state index is 0.0126. The maximum atomic E-state index is 12.8. The highest BCUT2D eigenvalue weighted by Gasteiger charge is 2.23. The zero-order chi connectivity index (χ0) is 17.9. The van der Waals surface area contributed by atoms with Crippen LogP contribution in [0, 0.1) is 6.92 Å². The van der Waals surface area contributed by atoms with Crippen molar-refractivity contribution in [3.05, 3.63) is 47.9 Å². The molecule has 0 fully saturated rings. The van der Waals surface area contributed by atoms with E-state index >= 15 is 0 Å². The molecule has 0 aromatic carbocycles. The Morgan fingerprint density at radius 3 is 2.76 bits per heavy atom. The van der Waals surface area contributed by atoms with Crippen LogP contribution in [0.25, 0.3) is 5.57 Å². The molecule has 0 aliphatic carbocycles. The molecule has 3 heterocycles. The number of rotatable bonds is 5. The summed E-state index contributed by atoms with van der Waals surface area (Å²) < 4.78 is 38.6. The van der Waals surface area contributed by atoms with Gasteiger partial charge < -0.3 is 9.47 Å². The molecule has 0 unspecified atom stereocenters. The van der Waals surface area contributed by atoms with E-state index in [0.717, 1.165) is 16.7 Å². The molecular weight excluding hydrogens is 342 g/mol. The van der Waals surface area contributed by atoms with Gasteiger partial charge in [-0.1, -0.05) is 6.08 Å². The van der Waals surface area contributed by atoms with Gasteiger partial charge in [-0.25, -0.2) is 13.4 Å². The van der Waals surface area contributed by atoms with Gasteiger partial charge in [0.25, 0.3) is 10.0 Å². The number of anilines is 1. The zero-order valence-electron chi connectivity index (χ0n) is 14.0. The minimum atomic E-state index is -3.87. The molecule has 0 bridgehead atoms. The molecular formula is C17H19N3O4S. The number of methoxy groups -OCH3 is 1. The molecule has 3 rings (SSSR count). The third-order valence-corrected chi connectivity index (χ3v) is 5.14. The Morgan fingerprint density at radius 1 is 1.24 bits per heavy atom. The summed E-state index contributed by atoms with van der Waals surface area (Å²) in [5.74, 6) is 0.0459. The molecule has 0 radical (unpaired) electrons. The van der Waals surface area contributed by atoms with E-state index in [1.807, 2.05) is 13.0 Å². The molecule has 132 valence electrons. The highest BCUT2D eigenvalue weighted by molar-refractivity contribution is 7.92. The topological polar surface area (TPSA) is 90.4 Å². The van der Waals surface area contributed by atoms with E-state index in [-0.39, 0.29) is 10.8 Å². The van der Waals surface area contributed by atoms with Gasteiger partial charge in [-0.2, -0.15) is 0 Å². The monoisotopic (exact) mass is 361 g/mol. The fraction of sp³-hybridized carbons (Fsp3) is 0.294. The maximum absolute atomic E-state index is 12.8. The second-order valence-corrected chi connectivity index (χ2v) is 7.29. The fourth-order valence-corrected chi connectivity index (χ4v) is 3.74. The average Bonchev–Trinajstić information content (AvgIpc) is 2.61. The van der Waals surface area contributed by atoms with Crippen LogP contribution in [0.1, 0.15) is 17.5 Å². The molecule has 0 atom stereocenters. The molecule has 8 heteroatoms. The van der Waals surface area contributed by atoms with Gasteiger partial charge in [0, 0.05) is 12.4 Å². The standard InChI is InChI=1S/C17H19N3O4S/c1-12-7-15(11-18-9-12)20-25(21,22)16-8-14(10-19-17(16)23-2)13-3-5-24-6-4-13/h3,7-11,20H,4-6H2,1-2H3. The highest BCUT2D eigenvalue weighted by atomic mass is 32.2. The number of aryl methyl sites for hydroxylation is 1. The molecule has 0 amide bonds. The fourth-order valence-electron chi connectivity index (χ4n) is 2.56. The van der Waals surface area contributed by atoms with Crippen LogP contribution in [0.5, 0.6) is 5.88 Å². The number of hydrogen-bond donors (Lipinski definition) is 1. The van der Waals surface area contributed by atoms with Crippen molar-refractivity contribution in [3.8, 4) is 5.88 Å². The summed E-state index contributed by atoms with van der Waals surface area (Å²) in [6.45, 7) is 2.95. The molecule has 1 N–H and O–H groups in total. The highest BCUT2D eigenvalue weighted by Crippen LogP contribution is 2.29. The number of sulfonamides is 1. The summed E-state index contributed by atoms with van der Waals surface area (Å²) in [5, 5.41) is 0. The normalized spacial score (nSPS) is 14.7. The first kappa shape index (κ1) is 17.4. The van der Waals surface area contributed by atoms with Crippen LogP contribution in [0.2, 0.25) is 0 Å². The van der Waals surface area contributed by atoms with Gasteiger partial charge in [-0.3, -0.25) is 9.71 Å². The minimum Gasteiger partial charge on any atom is -0.480 e. The van der Waals surface area contributed by atoms with Crippen LogP contribution >= 0.6 is 0 Å². The van der Waals surface area contributed by atoms with Crippen LogP contribution < -0.4 is 9.46 Å². The molecule has 7 nitrogen and oxygen atoms in total. The summed E-state index contributed by atoms with van der Waals surface area (Å²) in [4.78, 5) is 8.15. The van der Waals surface area contributed by atoms with E-state index in [1.54, 1.807) is 24.5 Å². The molecule has 0 spiro atoms. The molecule has 2 aromatic heterocycles. The van der Waals surface area contributed by atoms with Crippen LogP contribution in [-0.4, -0.2) is 38.7 Å². The van der Waals surface area contributed by atoms with E-state index in [0.29, 0.717) is 25.3 Å². The van der Waals surface area contributed by atoms with Crippen molar-refractivity contribution >= 4 is 21.3 Å². The Bertz CT molecular complexity index is 910. The van der Waals surface area contributed by atoms with Crippen molar-refractivity contribution in [1.29, 1.82) is 0 Å². The van der Waals surface area contributed by atoms with E-state index in [9.17, 15) is 8.42 Å². The Morgan fingerprint density at radius 2 is 2.08 bits per heavy atom. The Hall–Kier alpha value is -2.45. The van der Waals surface area contributed by atoms with Crippen molar-refractivity contribution in [3.63, 3.8) is 0 Å². The van der Waals surface area contributed by atoms with Gasteiger partial charge >= 0.3 is 0 Å². The zero-order valence-corrected chi connectivity index (χ0v) is 14.8. The number of pyridine rings is 2. The number of nitrogens with zero attached hydrogens (tertiary/aromatic N) is 2. The first-order valence-electron chi connectivity index (χ1n) is 7.75. The predicted octanol–water partition coefficient (Wildman–Crippen LogP) is 2.40. The largest absolute Gasteiger partial charge is 0.480 e. The van der Waals surface area contributed by atoms with E-state index in [4.69, 9.17) is 9.47 Å². The Kier molecular flexibility index (Phi) is 5.00. The van der Waals surface area contributed by atoms with Crippen molar-refractivity contribution in [2.75, 3.05) is 25.0 Å². The molecule has 0 saturated carbocycles. The second kappa shape index (κ2) is 7.20. The summed E-state index contributed by atoms with van der Waals surface area (Å²) >= 11 is 0. The van der Waals surface area contributed by atoms with Gasteiger partial charge in [0.15, 0.2) is 0 Å². The van der Waals surface area contributed by atoms with Crippen molar-refractivity contribution < 1.29 is 17.9 Å². The first-order valence-corrected chi connectivity index (χ1v) is 9.23. The molecule has 25 heavy (non-hydrogen) atoms. The number of aromatic nitrogens is 2. The van der Waals surface area contributed by atoms with Crippen molar-refractivity contribution in [2.24, 2.45) is 0 Å². The third kappa shape index (κ3) is 3.97. The molecule has 1 aliphatic rings. The molecule has 0 saturated heterocycles. The Balaban J connectivity index is 1.99. The summed E-state index contributed by atoms with van der Waals surface area (Å²) in [6.07, 6.45) is 7.36. The van der Waals surface area contributed by atoms with Crippen LogP contribution in [0.4, 0.5) is 5.69 Å². The van der Waals surface area contributed by atoms with Gasteiger partial charge in [0.05, 0.1) is 32.2 Å². The lowest BCUT2D eigenvalue weighted by Crippen LogP contribution is -2.15. The number of hydrogen-bond acceptors (Lipinski definition) is 6. The SMILES string of the molecule is COc1ncc(C2=CCOCC2)cc1S(=O)(=O)Nc1cncc(C)c1. The second-order valence-electron chi connectivity index (χ2n) is 5.64. The maximum Gasteiger partial charge on any atom is 0.267 e. The van der Waals surface area contributed by atoms with Crippen molar-refractivity contribution in [2.45, 2.75) is 18.2 Å². The number of ether oxygens (including phenoxy) is 2. The lowest BCUT2D eigenvalue weighted by molar-refractivity contribution is 0.161. The van der Waals surface area contributed by atoms with E-state index in [2.05, 4.69) is 14.7 Å². The Labute approximate surface area is 146 Å². The summed E-state index contributed by atoms with van der Waals surface area (Å²) in [7, 11) is -2.48. The number of nitrogens with one attached hydrogen (secondary N) is 1. The third-order valence-electron chi connectivity index (χ3n) is 3.76. The van der Waals surface area contributed by atoms with Gasteiger partial charge in [0.1, 0.15) is 4.90 Å². The van der Waals surface area contributed by atoms with Crippen molar-refractivity contribution in [1.82, 2.24) is 9.97 Å². The molecule has 1 aliphatic heterocycles. The summed E-state index contributed by atoms with van der Waals surface area (Å²) in [5.41, 5.74) is 2.99. The lowest BCUT2D eigenvalue weighted by Gasteiger charge is -2.16. The van der Waals surface area contributed by atoms with Gasteiger partial charge in [-0.15, -0.1) is 0 Å². The van der Waals surface area contributed by atoms with Crippen LogP contribution in [-0.2, 0) is 14.8 Å². The quantitative estimate of drug-likeness (QED) is 0.879. The first-order chi connectivity index (χ1) is 12.0. The van der Waals surface area contributed by atoms with Crippen LogP contribution in [0.15, 0.2) is 41.7 Å². The lowest BCUT2D eigenvalue weighted by atomic mass is 10.0. The van der Waals surface area contributed by atoms with E-state index in [1.165, 1.54) is 13.3 Å². The molecule has 2 aromatic rings.